The van der Waals surface area contributed by atoms with Gasteiger partial charge in [-0.05, 0) is 34.5 Å². The number of pyridine rings is 1. The molecule has 3 rings (SSSR count). The summed E-state index contributed by atoms with van der Waals surface area (Å²) in [7, 11) is 1.60. The Morgan fingerprint density at radius 3 is 2.95 bits per heavy atom. The average Bonchev–Trinajstić information content (AvgIpc) is 3.03. The van der Waals surface area contributed by atoms with Gasteiger partial charge in [0.2, 0.25) is 11.8 Å². The molecule has 0 aromatic carbocycles. The van der Waals surface area contributed by atoms with Gasteiger partial charge >= 0.3 is 0 Å². The first-order valence-electron chi connectivity index (χ1n) is 7.10. The van der Waals surface area contributed by atoms with Crippen molar-refractivity contribution in [3.8, 4) is 11.6 Å². The molecule has 2 aromatic heterocycles. The van der Waals surface area contributed by atoms with E-state index in [1.165, 1.54) is 0 Å². The standard InChI is InChI=1S/C15H17BrN4O2/c1-21-14-13(16)8-18-15(19-14)20-7-4-11(9-20)10-22-12-2-5-17-6-3-12/h2-3,5-6,8,11H,4,7,9-10H2,1H3. The number of nitrogens with zero attached hydrogens (tertiary/aromatic N) is 4. The van der Waals surface area contributed by atoms with Crippen LogP contribution >= 0.6 is 15.9 Å². The van der Waals surface area contributed by atoms with Gasteiger partial charge in [0.15, 0.2) is 0 Å². The SMILES string of the molecule is COc1nc(N2CCC(COc3ccncc3)C2)ncc1Br. The summed E-state index contributed by atoms with van der Waals surface area (Å²) in [6.45, 7) is 2.50. The van der Waals surface area contributed by atoms with Gasteiger partial charge in [0.05, 0.1) is 24.4 Å². The predicted molar refractivity (Wildman–Crippen MR) is 86.3 cm³/mol. The van der Waals surface area contributed by atoms with Gasteiger partial charge in [-0.2, -0.15) is 4.98 Å². The van der Waals surface area contributed by atoms with E-state index in [9.17, 15) is 0 Å². The molecule has 0 radical (unpaired) electrons. The van der Waals surface area contributed by atoms with Gasteiger partial charge in [0.25, 0.3) is 0 Å². The summed E-state index contributed by atoms with van der Waals surface area (Å²) in [4.78, 5) is 14.9. The second-order valence-corrected chi connectivity index (χ2v) is 5.98. The minimum Gasteiger partial charge on any atom is -0.493 e. The number of hydrogen-bond acceptors (Lipinski definition) is 6. The van der Waals surface area contributed by atoms with Crippen LogP contribution in [-0.2, 0) is 0 Å². The van der Waals surface area contributed by atoms with E-state index in [4.69, 9.17) is 9.47 Å². The van der Waals surface area contributed by atoms with Crippen LogP contribution in [0.3, 0.4) is 0 Å². The summed E-state index contributed by atoms with van der Waals surface area (Å²) in [6.07, 6.45) is 6.26. The maximum Gasteiger partial charge on any atom is 0.232 e. The fraction of sp³-hybridized carbons (Fsp3) is 0.400. The molecule has 1 atom stereocenters. The lowest BCUT2D eigenvalue weighted by atomic mass is 10.1. The van der Waals surface area contributed by atoms with E-state index >= 15 is 0 Å². The van der Waals surface area contributed by atoms with Crippen molar-refractivity contribution in [3.63, 3.8) is 0 Å². The van der Waals surface area contributed by atoms with E-state index in [0.717, 1.165) is 29.7 Å². The third kappa shape index (κ3) is 3.47. The molecule has 0 N–H and O–H groups in total. The highest BCUT2D eigenvalue weighted by Gasteiger charge is 2.25. The highest BCUT2D eigenvalue weighted by Crippen LogP contribution is 2.26. The first-order valence-corrected chi connectivity index (χ1v) is 7.90. The summed E-state index contributed by atoms with van der Waals surface area (Å²) in [5.41, 5.74) is 0. The molecular formula is C15H17BrN4O2. The molecule has 6 nitrogen and oxygen atoms in total. The molecule has 0 bridgehead atoms. The lowest BCUT2D eigenvalue weighted by Crippen LogP contribution is -2.23. The second kappa shape index (κ2) is 6.91. The summed E-state index contributed by atoms with van der Waals surface area (Å²) in [6, 6.07) is 3.74. The first kappa shape index (κ1) is 15.0. The second-order valence-electron chi connectivity index (χ2n) is 5.12. The zero-order valence-corrected chi connectivity index (χ0v) is 13.9. The number of methoxy groups -OCH3 is 1. The van der Waals surface area contributed by atoms with Gasteiger partial charge in [-0.3, -0.25) is 4.98 Å². The predicted octanol–water partition coefficient (Wildman–Crippen LogP) is 2.55. The van der Waals surface area contributed by atoms with Crippen molar-refractivity contribution in [1.29, 1.82) is 0 Å². The van der Waals surface area contributed by atoms with Crippen LogP contribution in [0.1, 0.15) is 6.42 Å². The van der Waals surface area contributed by atoms with Crippen LogP contribution in [0.4, 0.5) is 5.95 Å². The Morgan fingerprint density at radius 1 is 1.36 bits per heavy atom. The fourth-order valence-corrected chi connectivity index (χ4v) is 2.79. The lowest BCUT2D eigenvalue weighted by Gasteiger charge is -2.17. The fourth-order valence-electron chi connectivity index (χ4n) is 2.44. The van der Waals surface area contributed by atoms with E-state index < -0.39 is 0 Å². The smallest absolute Gasteiger partial charge is 0.232 e. The van der Waals surface area contributed by atoms with Crippen molar-refractivity contribution in [2.24, 2.45) is 5.92 Å². The van der Waals surface area contributed by atoms with Crippen molar-refractivity contribution in [1.82, 2.24) is 15.0 Å². The molecule has 0 amide bonds. The summed E-state index contributed by atoms with van der Waals surface area (Å²) >= 11 is 3.37. The molecule has 0 aliphatic carbocycles. The third-order valence-electron chi connectivity index (χ3n) is 3.60. The van der Waals surface area contributed by atoms with Gasteiger partial charge in [-0.15, -0.1) is 0 Å². The molecule has 1 unspecified atom stereocenters. The number of halogens is 1. The van der Waals surface area contributed by atoms with E-state index in [0.29, 0.717) is 24.4 Å². The molecule has 1 saturated heterocycles. The van der Waals surface area contributed by atoms with Crippen LogP contribution in [0, 0.1) is 5.92 Å². The molecule has 1 aliphatic rings. The Hall–Kier alpha value is -1.89. The third-order valence-corrected chi connectivity index (χ3v) is 4.14. The largest absolute Gasteiger partial charge is 0.493 e. The zero-order chi connectivity index (χ0) is 15.4. The molecular weight excluding hydrogens is 348 g/mol. The van der Waals surface area contributed by atoms with Crippen molar-refractivity contribution in [2.75, 3.05) is 31.7 Å². The molecule has 3 heterocycles. The number of aromatic nitrogens is 3. The van der Waals surface area contributed by atoms with Crippen molar-refractivity contribution in [2.45, 2.75) is 6.42 Å². The molecule has 22 heavy (non-hydrogen) atoms. The Kier molecular flexibility index (Phi) is 4.72. The van der Waals surface area contributed by atoms with Crippen LogP contribution in [0.5, 0.6) is 11.6 Å². The van der Waals surface area contributed by atoms with Gasteiger partial charge in [0, 0.05) is 31.4 Å². The minimum atomic E-state index is 0.464. The number of ether oxygens (including phenoxy) is 2. The Bertz CT molecular complexity index is 626. The molecule has 1 aliphatic heterocycles. The monoisotopic (exact) mass is 364 g/mol. The van der Waals surface area contributed by atoms with Crippen molar-refractivity contribution in [3.05, 3.63) is 35.2 Å². The Labute approximate surface area is 137 Å². The Balaban J connectivity index is 1.58. The van der Waals surface area contributed by atoms with Gasteiger partial charge in [-0.1, -0.05) is 0 Å². The maximum atomic E-state index is 5.80. The van der Waals surface area contributed by atoms with Gasteiger partial charge < -0.3 is 14.4 Å². The molecule has 2 aromatic rings. The van der Waals surface area contributed by atoms with Crippen molar-refractivity contribution >= 4 is 21.9 Å². The summed E-state index contributed by atoms with van der Waals surface area (Å²) in [5.74, 6) is 2.58. The zero-order valence-electron chi connectivity index (χ0n) is 12.3. The van der Waals surface area contributed by atoms with Gasteiger partial charge in [-0.25, -0.2) is 4.98 Å². The maximum absolute atomic E-state index is 5.80. The molecule has 0 spiro atoms. The highest BCUT2D eigenvalue weighted by molar-refractivity contribution is 9.10. The summed E-state index contributed by atoms with van der Waals surface area (Å²) < 4.78 is 11.8. The van der Waals surface area contributed by atoms with E-state index in [-0.39, 0.29) is 0 Å². The van der Waals surface area contributed by atoms with E-state index in [1.54, 1.807) is 25.7 Å². The van der Waals surface area contributed by atoms with Crippen LogP contribution in [0.25, 0.3) is 0 Å². The Morgan fingerprint density at radius 2 is 2.18 bits per heavy atom. The van der Waals surface area contributed by atoms with E-state index in [1.807, 2.05) is 12.1 Å². The minimum absolute atomic E-state index is 0.464. The molecule has 1 fully saturated rings. The normalized spacial score (nSPS) is 17.5. The van der Waals surface area contributed by atoms with Crippen LogP contribution in [0.15, 0.2) is 35.2 Å². The van der Waals surface area contributed by atoms with E-state index in [2.05, 4.69) is 35.8 Å². The molecule has 116 valence electrons. The molecule has 7 heteroatoms. The van der Waals surface area contributed by atoms with Gasteiger partial charge in [0.1, 0.15) is 5.75 Å². The average molecular weight is 365 g/mol. The topological polar surface area (TPSA) is 60.4 Å². The number of hydrogen-bond donors (Lipinski definition) is 0. The first-order chi connectivity index (χ1) is 10.8. The van der Waals surface area contributed by atoms with Crippen LogP contribution in [0.2, 0.25) is 0 Å². The highest BCUT2D eigenvalue weighted by atomic mass is 79.9. The lowest BCUT2D eigenvalue weighted by molar-refractivity contribution is 0.261. The van der Waals surface area contributed by atoms with Crippen LogP contribution < -0.4 is 14.4 Å². The molecule has 0 saturated carbocycles. The quantitative estimate of drug-likeness (QED) is 0.812. The van der Waals surface area contributed by atoms with Crippen molar-refractivity contribution < 1.29 is 9.47 Å². The summed E-state index contributed by atoms with van der Waals surface area (Å²) in [5, 5.41) is 0. The van der Waals surface area contributed by atoms with Crippen LogP contribution in [-0.4, -0.2) is 41.8 Å². The number of rotatable bonds is 5. The number of anilines is 1.